The number of ketones is 2. The summed E-state index contributed by atoms with van der Waals surface area (Å²) in [5, 5.41) is 0. The van der Waals surface area contributed by atoms with Gasteiger partial charge in [-0.2, -0.15) is 0 Å². The summed E-state index contributed by atoms with van der Waals surface area (Å²) in [6, 6.07) is 6.84. The molecule has 0 N–H and O–H groups in total. The average Bonchev–Trinajstić information content (AvgIpc) is 2.04. The minimum Gasteiger partial charge on any atom is -0.358 e. The summed E-state index contributed by atoms with van der Waals surface area (Å²) >= 11 is 0. The molecular formula is C11H13O2Y-. The molecule has 1 aromatic rings. The molecule has 0 amide bonds. The summed E-state index contributed by atoms with van der Waals surface area (Å²) in [5.41, 5.74) is 1.01. The summed E-state index contributed by atoms with van der Waals surface area (Å²) in [4.78, 5) is 22.0. The SMILES string of the molecule is CC(=O)c1ccccc1C(C)=O.[CH3-].[Y]. The molecule has 14 heavy (non-hydrogen) atoms. The summed E-state index contributed by atoms with van der Waals surface area (Å²) in [6.45, 7) is 2.92. The fourth-order valence-corrected chi connectivity index (χ4v) is 1.10. The van der Waals surface area contributed by atoms with Crippen LogP contribution in [0.5, 0.6) is 0 Å². The zero-order valence-corrected chi connectivity index (χ0v) is 11.5. The topological polar surface area (TPSA) is 34.1 Å². The maximum absolute atomic E-state index is 11.0. The quantitative estimate of drug-likeness (QED) is 0.609. The molecule has 0 aliphatic rings. The average molecular weight is 266 g/mol. The molecule has 3 heteroatoms. The minimum atomic E-state index is -0.0687. The van der Waals surface area contributed by atoms with Gasteiger partial charge < -0.3 is 7.43 Å². The van der Waals surface area contributed by atoms with E-state index in [1.54, 1.807) is 24.3 Å². The van der Waals surface area contributed by atoms with Crippen molar-refractivity contribution < 1.29 is 42.3 Å². The summed E-state index contributed by atoms with van der Waals surface area (Å²) in [6.07, 6.45) is 0. The molecule has 1 radical (unpaired) electrons. The van der Waals surface area contributed by atoms with E-state index in [4.69, 9.17) is 0 Å². The molecule has 0 fully saturated rings. The molecule has 2 nitrogen and oxygen atoms in total. The Kier molecular flexibility index (Phi) is 8.08. The van der Waals surface area contributed by atoms with Crippen molar-refractivity contribution in [3.8, 4) is 0 Å². The van der Waals surface area contributed by atoms with Gasteiger partial charge in [0.25, 0.3) is 0 Å². The van der Waals surface area contributed by atoms with Crippen LogP contribution in [0.4, 0.5) is 0 Å². The Morgan fingerprint density at radius 1 is 0.929 bits per heavy atom. The van der Waals surface area contributed by atoms with Gasteiger partial charge in [-0.25, -0.2) is 0 Å². The number of hydrogen-bond donors (Lipinski definition) is 0. The van der Waals surface area contributed by atoms with Crippen LogP contribution in [0, 0.1) is 7.43 Å². The summed E-state index contributed by atoms with van der Waals surface area (Å²) in [7, 11) is 0. The third kappa shape index (κ3) is 3.81. The molecule has 0 atom stereocenters. The van der Waals surface area contributed by atoms with Gasteiger partial charge in [-0.05, 0) is 13.8 Å². The van der Waals surface area contributed by atoms with E-state index in [9.17, 15) is 9.59 Å². The maximum Gasteiger partial charge on any atom is 0.160 e. The molecular weight excluding hydrogens is 253 g/mol. The second-order valence-corrected chi connectivity index (χ2v) is 2.66. The first-order valence-corrected chi connectivity index (χ1v) is 3.74. The first kappa shape index (κ1) is 16.1. The molecule has 0 saturated carbocycles. The van der Waals surface area contributed by atoms with E-state index in [0.29, 0.717) is 11.1 Å². The normalized spacial score (nSPS) is 8.14. The van der Waals surface area contributed by atoms with Gasteiger partial charge >= 0.3 is 0 Å². The van der Waals surface area contributed by atoms with Gasteiger partial charge in [0.15, 0.2) is 11.6 Å². The van der Waals surface area contributed by atoms with E-state index in [1.165, 1.54) is 13.8 Å². The molecule has 0 aromatic heterocycles. The van der Waals surface area contributed by atoms with Gasteiger partial charge in [-0.1, -0.05) is 24.3 Å². The van der Waals surface area contributed by atoms with Crippen LogP contribution in [0.15, 0.2) is 24.3 Å². The second-order valence-electron chi connectivity index (χ2n) is 2.66. The van der Waals surface area contributed by atoms with E-state index in [0.717, 1.165) is 0 Å². The van der Waals surface area contributed by atoms with Crippen LogP contribution in [0.1, 0.15) is 34.6 Å². The van der Waals surface area contributed by atoms with Crippen molar-refractivity contribution in [2.75, 3.05) is 0 Å². The van der Waals surface area contributed by atoms with Gasteiger partial charge in [-0.3, -0.25) is 9.59 Å². The molecule has 1 rings (SSSR count). The van der Waals surface area contributed by atoms with Crippen molar-refractivity contribution in [2.24, 2.45) is 0 Å². The van der Waals surface area contributed by atoms with E-state index >= 15 is 0 Å². The molecule has 73 valence electrons. The van der Waals surface area contributed by atoms with Crippen LogP contribution >= 0.6 is 0 Å². The van der Waals surface area contributed by atoms with Crippen LogP contribution in [-0.2, 0) is 32.7 Å². The van der Waals surface area contributed by atoms with Crippen LogP contribution in [0.2, 0.25) is 0 Å². The molecule has 0 aliphatic heterocycles. The molecule has 0 spiro atoms. The number of hydrogen-bond acceptors (Lipinski definition) is 2. The smallest absolute Gasteiger partial charge is 0.160 e. The largest absolute Gasteiger partial charge is 0.358 e. The Morgan fingerprint density at radius 2 is 1.21 bits per heavy atom. The Bertz CT molecular complexity index is 299. The van der Waals surface area contributed by atoms with Crippen LogP contribution in [-0.4, -0.2) is 11.6 Å². The summed E-state index contributed by atoms with van der Waals surface area (Å²) in [5.74, 6) is -0.137. The van der Waals surface area contributed by atoms with Crippen LogP contribution in [0.3, 0.4) is 0 Å². The third-order valence-corrected chi connectivity index (χ3v) is 1.69. The van der Waals surface area contributed by atoms with Gasteiger partial charge in [0.1, 0.15) is 0 Å². The Morgan fingerprint density at radius 3 is 1.43 bits per heavy atom. The van der Waals surface area contributed by atoms with Gasteiger partial charge in [0.2, 0.25) is 0 Å². The van der Waals surface area contributed by atoms with Crippen molar-refractivity contribution in [1.82, 2.24) is 0 Å². The molecule has 0 unspecified atom stereocenters. The van der Waals surface area contributed by atoms with Crippen LogP contribution in [0.25, 0.3) is 0 Å². The number of Topliss-reactive ketones (excluding diaryl/α,β-unsaturated/α-hetero) is 2. The zero-order valence-electron chi connectivity index (χ0n) is 8.70. The summed E-state index contributed by atoms with van der Waals surface area (Å²) < 4.78 is 0. The number of benzene rings is 1. The Hall–Kier alpha value is -0.336. The fraction of sp³-hybridized carbons (Fsp3) is 0.182. The first-order valence-electron chi connectivity index (χ1n) is 3.74. The van der Waals surface area contributed by atoms with Crippen LogP contribution < -0.4 is 0 Å². The van der Waals surface area contributed by atoms with E-state index in [2.05, 4.69) is 0 Å². The standard InChI is InChI=1S/C10H10O2.CH3.Y/c1-7(11)9-5-3-4-6-10(9)8(2)12;;/h3-6H,1-2H3;1H3;/q;-1;. The van der Waals surface area contributed by atoms with E-state index in [1.807, 2.05) is 0 Å². The van der Waals surface area contributed by atoms with E-state index < -0.39 is 0 Å². The Labute approximate surface area is 110 Å². The van der Waals surface area contributed by atoms with Crippen molar-refractivity contribution in [2.45, 2.75) is 13.8 Å². The monoisotopic (exact) mass is 266 g/mol. The molecule has 0 bridgehead atoms. The van der Waals surface area contributed by atoms with Gasteiger partial charge in [-0.15, -0.1) is 0 Å². The van der Waals surface area contributed by atoms with Gasteiger partial charge in [0, 0.05) is 43.8 Å². The number of carbonyl (C=O) groups excluding carboxylic acids is 2. The Balaban J connectivity index is 0. The van der Waals surface area contributed by atoms with E-state index in [-0.39, 0.29) is 51.7 Å². The number of rotatable bonds is 2. The third-order valence-electron chi connectivity index (χ3n) is 1.69. The molecule has 1 aromatic carbocycles. The maximum atomic E-state index is 11.0. The fourth-order valence-electron chi connectivity index (χ4n) is 1.10. The van der Waals surface area contributed by atoms with Crippen molar-refractivity contribution >= 4 is 11.6 Å². The van der Waals surface area contributed by atoms with Gasteiger partial charge in [0.05, 0.1) is 0 Å². The predicted octanol–water partition coefficient (Wildman–Crippen LogP) is 2.54. The first-order chi connectivity index (χ1) is 5.63. The van der Waals surface area contributed by atoms with Crippen molar-refractivity contribution in [3.63, 3.8) is 0 Å². The van der Waals surface area contributed by atoms with Crippen molar-refractivity contribution in [3.05, 3.63) is 42.8 Å². The molecule has 0 heterocycles. The predicted molar refractivity (Wildman–Crippen MR) is 52.9 cm³/mol. The molecule has 0 saturated heterocycles. The zero-order chi connectivity index (χ0) is 9.14. The molecule has 0 aliphatic carbocycles. The number of carbonyl (C=O) groups is 2. The second kappa shape index (κ2) is 7.02. The van der Waals surface area contributed by atoms with Crippen molar-refractivity contribution in [1.29, 1.82) is 0 Å². The minimum absolute atomic E-state index is 0.